The third-order valence-electron chi connectivity index (χ3n) is 5.28. The Morgan fingerprint density at radius 2 is 1.80 bits per heavy atom. The predicted molar refractivity (Wildman–Crippen MR) is 96.2 cm³/mol. The van der Waals surface area contributed by atoms with E-state index in [9.17, 15) is 13.2 Å². The summed E-state index contributed by atoms with van der Waals surface area (Å²) in [6.07, 6.45) is 5.46. The number of carbonyl (C=O) groups is 1. The van der Waals surface area contributed by atoms with Crippen LogP contribution in [0.1, 0.15) is 44.1 Å². The van der Waals surface area contributed by atoms with Crippen LogP contribution in [0.4, 0.5) is 0 Å². The minimum absolute atomic E-state index is 0.0103. The van der Waals surface area contributed by atoms with E-state index in [0.717, 1.165) is 37.7 Å². The summed E-state index contributed by atoms with van der Waals surface area (Å²) in [5, 5.41) is 2.91. The van der Waals surface area contributed by atoms with Gasteiger partial charge in [0, 0.05) is 32.1 Å². The largest absolute Gasteiger partial charge is 0.352 e. The van der Waals surface area contributed by atoms with Gasteiger partial charge in [-0.2, -0.15) is 4.31 Å². The minimum atomic E-state index is -3.38. The van der Waals surface area contributed by atoms with Gasteiger partial charge in [-0.3, -0.25) is 4.79 Å². The van der Waals surface area contributed by atoms with Gasteiger partial charge in [0.1, 0.15) is 0 Å². The lowest BCUT2D eigenvalue weighted by molar-refractivity contribution is -0.122. The second kappa shape index (κ2) is 7.85. The molecule has 0 bridgehead atoms. The molecule has 0 aromatic heterocycles. The maximum atomic E-state index is 12.5. The zero-order valence-corrected chi connectivity index (χ0v) is 15.3. The Hall–Kier alpha value is -1.44. The third kappa shape index (κ3) is 4.40. The molecule has 3 N–H and O–H groups in total. The molecule has 2 aliphatic rings. The van der Waals surface area contributed by atoms with E-state index in [0.29, 0.717) is 31.0 Å². The summed E-state index contributed by atoms with van der Waals surface area (Å²) in [5.41, 5.74) is 6.90. The van der Waals surface area contributed by atoms with Crippen LogP contribution in [0.5, 0.6) is 0 Å². The fourth-order valence-electron chi connectivity index (χ4n) is 3.69. The molecule has 1 saturated carbocycles. The number of nitrogens with two attached hydrogens (primary N) is 1. The second-order valence-corrected chi connectivity index (χ2v) is 9.03. The lowest BCUT2D eigenvalue weighted by Crippen LogP contribution is -2.31. The summed E-state index contributed by atoms with van der Waals surface area (Å²) >= 11 is 0. The molecule has 0 spiro atoms. The first-order valence-electron chi connectivity index (χ1n) is 9.08. The van der Waals surface area contributed by atoms with Crippen molar-refractivity contribution in [3.63, 3.8) is 0 Å². The number of hydrogen-bond acceptors (Lipinski definition) is 4. The third-order valence-corrected chi connectivity index (χ3v) is 7.19. The van der Waals surface area contributed by atoms with E-state index in [1.807, 2.05) is 0 Å². The van der Waals surface area contributed by atoms with E-state index in [1.54, 1.807) is 24.3 Å². The average molecular weight is 365 g/mol. The SMILES string of the molecule is N[C@@H]1CCC[C@H]1CC(=O)NCc1ccc(S(=O)(=O)N2CCCC2)cc1. The topological polar surface area (TPSA) is 92.5 Å². The first-order valence-corrected chi connectivity index (χ1v) is 10.5. The number of rotatable bonds is 6. The number of carbonyl (C=O) groups excluding carboxylic acids is 1. The highest BCUT2D eigenvalue weighted by atomic mass is 32.2. The zero-order valence-electron chi connectivity index (χ0n) is 14.5. The quantitative estimate of drug-likeness (QED) is 0.801. The highest BCUT2D eigenvalue weighted by Gasteiger charge is 2.27. The maximum absolute atomic E-state index is 12.5. The molecule has 2 fully saturated rings. The summed E-state index contributed by atoms with van der Waals surface area (Å²) < 4.78 is 26.5. The van der Waals surface area contributed by atoms with E-state index in [-0.39, 0.29) is 17.9 Å². The van der Waals surface area contributed by atoms with Crippen molar-refractivity contribution in [3.05, 3.63) is 29.8 Å². The molecule has 2 atom stereocenters. The Morgan fingerprint density at radius 3 is 2.40 bits per heavy atom. The van der Waals surface area contributed by atoms with Crippen LogP contribution in [0.2, 0.25) is 0 Å². The van der Waals surface area contributed by atoms with Crippen LogP contribution >= 0.6 is 0 Å². The summed E-state index contributed by atoms with van der Waals surface area (Å²) in [4.78, 5) is 12.4. The Labute approximate surface area is 149 Å². The molecular weight excluding hydrogens is 338 g/mol. The van der Waals surface area contributed by atoms with Crippen LogP contribution in [0, 0.1) is 5.92 Å². The van der Waals surface area contributed by atoms with Gasteiger partial charge < -0.3 is 11.1 Å². The normalized spacial score (nSPS) is 24.5. The van der Waals surface area contributed by atoms with Gasteiger partial charge in [-0.05, 0) is 49.3 Å². The van der Waals surface area contributed by atoms with Crippen LogP contribution in [-0.2, 0) is 21.4 Å². The number of sulfonamides is 1. The number of hydrogen-bond donors (Lipinski definition) is 2. The van der Waals surface area contributed by atoms with Crippen molar-refractivity contribution in [2.75, 3.05) is 13.1 Å². The summed E-state index contributed by atoms with van der Waals surface area (Å²) in [5.74, 6) is 0.295. The molecule has 1 aromatic rings. The molecule has 6 nitrogen and oxygen atoms in total. The van der Waals surface area contributed by atoms with Crippen LogP contribution < -0.4 is 11.1 Å². The van der Waals surface area contributed by atoms with Crippen molar-refractivity contribution in [1.82, 2.24) is 9.62 Å². The molecule has 0 radical (unpaired) electrons. The van der Waals surface area contributed by atoms with Crippen LogP contribution in [0.3, 0.4) is 0 Å². The number of amides is 1. The van der Waals surface area contributed by atoms with Gasteiger partial charge in [-0.15, -0.1) is 0 Å². The molecule has 1 aromatic carbocycles. The molecule has 1 amide bonds. The van der Waals surface area contributed by atoms with Gasteiger partial charge in [0.25, 0.3) is 0 Å². The molecule has 1 aliphatic carbocycles. The predicted octanol–water partition coefficient (Wildman–Crippen LogP) is 1.60. The monoisotopic (exact) mass is 365 g/mol. The zero-order chi connectivity index (χ0) is 17.9. The molecule has 1 aliphatic heterocycles. The Bertz CT molecular complexity index is 697. The van der Waals surface area contributed by atoms with Crippen molar-refractivity contribution in [3.8, 4) is 0 Å². The van der Waals surface area contributed by atoms with E-state index >= 15 is 0 Å². The molecular formula is C18H27N3O3S. The lowest BCUT2D eigenvalue weighted by Gasteiger charge is -2.16. The summed E-state index contributed by atoms with van der Waals surface area (Å²) in [6.45, 7) is 1.61. The van der Waals surface area contributed by atoms with Crippen molar-refractivity contribution >= 4 is 15.9 Å². The van der Waals surface area contributed by atoms with Crippen LogP contribution in [-0.4, -0.2) is 37.8 Å². The number of benzene rings is 1. The van der Waals surface area contributed by atoms with Crippen molar-refractivity contribution in [2.45, 2.75) is 56.0 Å². The lowest BCUT2D eigenvalue weighted by atomic mass is 10.00. The Morgan fingerprint density at radius 1 is 1.12 bits per heavy atom. The van der Waals surface area contributed by atoms with Crippen LogP contribution in [0.15, 0.2) is 29.2 Å². The highest BCUT2D eigenvalue weighted by Crippen LogP contribution is 2.26. The fourth-order valence-corrected chi connectivity index (χ4v) is 5.20. The second-order valence-electron chi connectivity index (χ2n) is 7.09. The minimum Gasteiger partial charge on any atom is -0.352 e. The van der Waals surface area contributed by atoms with Gasteiger partial charge in [0.05, 0.1) is 4.90 Å². The maximum Gasteiger partial charge on any atom is 0.243 e. The number of nitrogens with zero attached hydrogens (tertiary/aromatic N) is 1. The van der Waals surface area contributed by atoms with Crippen molar-refractivity contribution in [2.24, 2.45) is 11.7 Å². The van der Waals surface area contributed by atoms with Gasteiger partial charge >= 0.3 is 0 Å². The van der Waals surface area contributed by atoms with E-state index in [4.69, 9.17) is 5.73 Å². The average Bonchev–Trinajstić information content (AvgIpc) is 3.26. The highest BCUT2D eigenvalue weighted by molar-refractivity contribution is 7.89. The van der Waals surface area contributed by atoms with E-state index in [1.165, 1.54) is 4.31 Å². The molecule has 25 heavy (non-hydrogen) atoms. The fraction of sp³-hybridized carbons (Fsp3) is 0.611. The Kier molecular flexibility index (Phi) is 5.76. The van der Waals surface area contributed by atoms with E-state index < -0.39 is 10.0 Å². The molecule has 3 rings (SSSR count). The van der Waals surface area contributed by atoms with Crippen molar-refractivity contribution < 1.29 is 13.2 Å². The van der Waals surface area contributed by atoms with E-state index in [2.05, 4.69) is 5.32 Å². The van der Waals surface area contributed by atoms with Crippen LogP contribution in [0.25, 0.3) is 0 Å². The van der Waals surface area contributed by atoms with Gasteiger partial charge in [-0.1, -0.05) is 18.6 Å². The molecule has 138 valence electrons. The molecule has 1 saturated heterocycles. The molecule has 7 heteroatoms. The molecule has 1 heterocycles. The summed E-state index contributed by atoms with van der Waals surface area (Å²) in [6, 6.07) is 6.93. The van der Waals surface area contributed by atoms with Crippen molar-refractivity contribution in [1.29, 1.82) is 0 Å². The van der Waals surface area contributed by atoms with Gasteiger partial charge in [0.15, 0.2) is 0 Å². The first-order chi connectivity index (χ1) is 12.0. The molecule has 0 unspecified atom stereocenters. The Balaban J connectivity index is 1.53. The smallest absolute Gasteiger partial charge is 0.243 e. The van der Waals surface area contributed by atoms with Gasteiger partial charge in [0.2, 0.25) is 15.9 Å². The standard InChI is InChI=1S/C18H27N3O3S/c19-17-5-3-4-15(17)12-18(22)20-13-14-6-8-16(9-7-14)25(23,24)21-10-1-2-11-21/h6-9,15,17H,1-5,10-13,19H2,(H,20,22)/t15-,17+/m0/s1. The summed E-state index contributed by atoms with van der Waals surface area (Å²) in [7, 11) is -3.38. The van der Waals surface area contributed by atoms with Gasteiger partial charge in [-0.25, -0.2) is 8.42 Å². The first kappa shape index (κ1) is 18.4. The number of nitrogens with one attached hydrogen (secondary N) is 1.